The lowest BCUT2D eigenvalue weighted by Gasteiger charge is -2.35. The molecule has 146 valence electrons. The van der Waals surface area contributed by atoms with Crippen LogP contribution in [0.1, 0.15) is 17.2 Å². The van der Waals surface area contributed by atoms with Crippen molar-refractivity contribution in [2.45, 2.75) is 11.8 Å². The third kappa shape index (κ3) is 5.77. The highest BCUT2D eigenvalue weighted by molar-refractivity contribution is 7.88. The molecule has 27 heavy (non-hydrogen) atoms. The first-order valence-corrected chi connectivity index (χ1v) is 10.7. The number of nitrogens with zero attached hydrogens (tertiary/aromatic N) is 1. The van der Waals surface area contributed by atoms with Crippen LogP contribution in [0.3, 0.4) is 0 Å². The van der Waals surface area contributed by atoms with Gasteiger partial charge in [0, 0.05) is 25.7 Å². The number of rotatable bonds is 8. The standard InChI is InChI=1S/C20H26N2O4S/c1-25-19-9-7-18(8-10-19)20(22-11-13-26-14-12-22)15-21-27(23,24)16-17-5-3-2-4-6-17/h2-10,20-21H,11-16H2,1H3. The number of benzene rings is 2. The number of ether oxygens (including phenoxy) is 2. The first kappa shape index (κ1) is 19.8. The fourth-order valence-electron chi connectivity index (χ4n) is 3.22. The molecule has 0 bridgehead atoms. The molecule has 7 heteroatoms. The maximum absolute atomic E-state index is 12.5. The Hall–Kier alpha value is -1.93. The van der Waals surface area contributed by atoms with Crippen LogP contribution in [-0.2, 0) is 20.5 Å². The quantitative estimate of drug-likeness (QED) is 0.748. The average molecular weight is 391 g/mol. The molecule has 1 N–H and O–H groups in total. The second-order valence-corrected chi connectivity index (χ2v) is 8.34. The van der Waals surface area contributed by atoms with Crippen molar-refractivity contribution in [2.24, 2.45) is 0 Å². The van der Waals surface area contributed by atoms with Gasteiger partial charge in [-0.2, -0.15) is 0 Å². The molecule has 1 unspecified atom stereocenters. The second-order valence-electron chi connectivity index (χ2n) is 6.53. The zero-order valence-corrected chi connectivity index (χ0v) is 16.3. The summed E-state index contributed by atoms with van der Waals surface area (Å²) in [6.45, 7) is 3.18. The van der Waals surface area contributed by atoms with Crippen molar-refractivity contribution in [3.63, 3.8) is 0 Å². The fourth-order valence-corrected chi connectivity index (χ4v) is 4.37. The van der Waals surface area contributed by atoms with E-state index in [0.717, 1.165) is 30.0 Å². The summed E-state index contributed by atoms with van der Waals surface area (Å²) < 4.78 is 38.6. The van der Waals surface area contributed by atoms with Crippen molar-refractivity contribution in [1.29, 1.82) is 0 Å². The van der Waals surface area contributed by atoms with Gasteiger partial charge in [0.1, 0.15) is 5.75 Å². The summed E-state index contributed by atoms with van der Waals surface area (Å²) in [5, 5.41) is 0. The lowest BCUT2D eigenvalue weighted by molar-refractivity contribution is 0.0172. The van der Waals surface area contributed by atoms with Gasteiger partial charge in [-0.1, -0.05) is 42.5 Å². The van der Waals surface area contributed by atoms with Gasteiger partial charge < -0.3 is 9.47 Å². The minimum absolute atomic E-state index is 0.0215. The molecular formula is C20H26N2O4S. The summed E-state index contributed by atoms with van der Waals surface area (Å²) in [5.41, 5.74) is 1.83. The first-order valence-electron chi connectivity index (χ1n) is 9.04. The van der Waals surface area contributed by atoms with Crippen LogP contribution in [0.4, 0.5) is 0 Å². The largest absolute Gasteiger partial charge is 0.497 e. The van der Waals surface area contributed by atoms with Crippen LogP contribution < -0.4 is 9.46 Å². The number of nitrogens with one attached hydrogen (secondary N) is 1. The average Bonchev–Trinajstić information content (AvgIpc) is 2.70. The lowest BCUT2D eigenvalue weighted by Crippen LogP contribution is -2.44. The predicted octanol–water partition coefficient (Wildman–Crippen LogP) is 2.19. The molecule has 1 aliphatic heterocycles. The number of methoxy groups -OCH3 is 1. The van der Waals surface area contributed by atoms with Crippen LogP contribution in [0.15, 0.2) is 54.6 Å². The van der Waals surface area contributed by atoms with E-state index in [1.807, 2.05) is 54.6 Å². The number of sulfonamides is 1. The molecule has 0 spiro atoms. The van der Waals surface area contributed by atoms with Gasteiger partial charge in [0.2, 0.25) is 10.0 Å². The zero-order chi connectivity index (χ0) is 19.1. The molecule has 1 fully saturated rings. The molecule has 0 amide bonds. The molecular weight excluding hydrogens is 364 g/mol. The van der Waals surface area contributed by atoms with Gasteiger partial charge in [-0.15, -0.1) is 0 Å². The Labute approximate surface area is 161 Å². The molecule has 1 saturated heterocycles. The predicted molar refractivity (Wildman–Crippen MR) is 105 cm³/mol. The molecule has 6 nitrogen and oxygen atoms in total. The summed E-state index contributed by atoms with van der Waals surface area (Å²) in [6.07, 6.45) is 0. The van der Waals surface area contributed by atoms with Gasteiger partial charge in [0.15, 0.2) is 0 Å². The summed E-state index contributed by atoms with van der Waals surface area (Å²) in [7, 11) is -1.79. The van der Waals surface area contributed by atoms with E-state index < -0.39 is 10.0 Å². The minimum Gasteiger partial charge on any atom is -0.497 e. The molecule has 2 aromatic rings. The van der Waals surface area contributed by atoms with E-state index in [4.69, 9.17) is 9.47 Å². The van der Waals surface area contributed by atoms with Crippen LogP contribution in [0.5, 0.6) is 5.75 Å². The molecule has 1 atom stereocenters. The monoisotopic (exact) mass is 390 g/mol. The summed E-state index contributed by atoms with van der Waals surface area (Å²) in [6, 6.07) is 17.0. The minimum atomic E-state index is -3.42. The van der Waals surface area contributed by atoms with Crippen molar-refractivity contribution >= 4 is 10.0 Å². The van der Waals surface area contributed by atoms with Crippen LogP contribution in [-0.4, -0.2) is 53.3 Å². The Morgan fingerprint density at radius 2 is 1.74 bits per heavy atom. The van der Waals surface area contributed by atoms with Crippen molar-refractivity contribution in [3.8, 4) is 5.75 Å². The van der Waals surface area contributed by atoms with E-state index in [1.54, 1.807) is 7.11 Å². The molecule has 0 radical (unpaired) electrons. The van der Waals surface area contributed by atoms with E-state index in [1.165, 1.54) is 0 Å². The fraction of sp³-hybridized carbons (Fsp3) is 0.400. The molecule has 0 aromatic heterocycles. The molecule has 2 aromatic carbocycles. The summed E-state index contributed by atoms with van der Waals surface area (Å²) >= 11 is 0. The molecule has 3 rings (SSSR count). The Morgan fingerprint density at radius 3 is 2.37 bits per heavy atom. The molecule has 0 saturated carbocycles. The normalized spacial score (nSPS) is 16.8. The third-order valence-electron chi connectivity index (χ3n) is 4.68. The van der Waals surface area contributed by atoms with E-state index in [9.17, 15) is 8.42 Å². The van der Waals surface area contributed by atoms with Gasteiger partial charge >= 0.3 is 0 Å². The molecule has 1 heterocycles. The highest BCUT2D eigenvalue weighted by Gasteiger charge is 2.24. The Morgan fingerprint density at radius 1 is 1.07 bits per heavy atom. The summed E-state index contributed by atoms with van der Waals surface area (Å²) in [5.74, 6) is 0.760. The van der Waals surface area contributed by atoms with Gasteiger partial charge in [0.05, 0.1) is 26.1 Å². The van der Waals surface area contributed by atoms with Crippen molar-refractivity contribution in [1.82, 2.24) is 9.62 Å². The van der Waals surface area contributed by atoms with Crippen molar-refractivity contribution in [3.05, 3.63) is 65.7 Å². The Balaban J connectivity index is 1.72. The van der Waals surface area contributed by atoms with Crippen LogP contribution in [0.2, 0.25) is 0 Å². The van der Waals surface area contributed by atoms with E-state index in [0.29, 0.717) is 19.8 Å². The second kappa shape index (κ2) is 9.32. The van der Waals surface area contributed by atoms with E-state index >= 15 is 0 Å². The third-order valence-corrected chi connectivity index (χ3v) is 6.00. The zero-order valence-electron chi connectivity index (χ0n) is 15.5. The van der Waals surface area contributed by atoms with E-state index in [-0.39, 0.29) is 11.8 Å². The molecule has 0 aliphatic carbocycles. The van der Waals surface area contributed by atoms with Gasteiger partial charge in [-0.25, -0.2) is 13.1 Å². The molecule has 1 aliphatic rings. The number of hydrogen-bond donors (Lipinski definition) is 1. The maximum atomic E-state index is 12.5. The smallest absolute Gasteiger partial charge is 0.215 e. The Kier molecular flexibility index (Phi) is 6.84. The number of hydrogen-bond acceptors (Lipinski definition) is 5. The van der Waals surface area contributed by atoms with Gasteiger partial charge in [-0.3, -0.25) is 4.90 Å². The topological polar surface area (TPSA) is 67.9 Å². The van der Waals surface area contributed by atoms with Crippen LogP contribution in [0.25, 0.3) is 0 Å². The maximum Gasteiger partial charge on any atom is 0.215 e. The first-order chi connectivity index (χ1) is 13.1. The van der Waals surface area contributed by atoms with E-state index in [2.05, 4.69) is 9.62 Å². The number of morpholine rings is 1. The lowest BCUT2D eigenvalue weighted by atomic mass is 10.0. The van der Waals surface area contributed by atoms with Gasteiger partial charge in [0.25, 0.3) is 0 Å². The van der Waals surface area contributed by atoms with Crippen molar-refractivity contribution < 1.29 is 17.9 Å². The van der Waals surface area contributed by atoms with Crippen LogP contribution in [0, 0.1) is 0 Å². The summed E-state index contributed by atoms with van der Waals surface area (Å²) in [4.78, 5) is 2.26. The highest BCUT2D eigenvalue weighted by Crippen LogP contribution is 2.24. The highest BCUT2D eigenvalue weighted by atomic mass is 32.2. The SMILES string of the molecule is COc1ccc(C(CNS(=O)(=O)Cc2ccccc2)N2CCOCC2)cc1. The Bertz CT molecular complexity index is 804. The van der Waals surface area contributed by atoms with Gasteiger partial charge in [-0.05, 0) is 23.3 Å². The van der Waals surface area contributed by atoms with Crippen LogP contribution >= 0.6 is 0 Å². The van der Waals surface area contributed by atoms with Crippen molar-refractivity contribution in [2.75, 3.05) is 40.0 Å².